The first kappa shape index (κ1) is 18.9. The molecule has 0 N–H and O–H groups in total. The van der Waals surface area contributed by atoms with Crippen LogP contribution in [0.25, 0.3) is 5.78 Å². The molecular weight excluding hydrogens is 370 g/mol. The average molecular weight is 396 g/mol. The van der Waals surface area contributed by atoms with E-state index in [1.54, 1.807) is 4.52 Å². The quantitative estimate of drug-likeness (QED) is 0.621. The highest BCUT2D eigenvalue weighted by molar-refractivity contribution is 7.98. The third kappa shape index (κ3) is 3.63. The number of benzene rings is 1. The van der Waals surface area contributed by atoms with Crippen LogP contribution < -0.4 is 0 Å². The number of aromatic nitrogens is 4. The minimum Gasteiger partial charge on any atom is -0.339 e. The highest BCUT2D eigenvalue weighted by Gasteiger charge is 2.29. The topological polar surface area (TPSA) is 63.4 Å². The number of likely N-dealkylation sites (tertiary alicyclic amines) is 1. The molecule has 3 heterocycles. The second-order valence-corrected chi connectivity index (χ2v) is 8.09. The standard InChI is InChI=1S/C21H25N5OS/c1-14-18(15(2)26-20(22-14)23-21(24-26)28-3)13-19(27)25-11-7-10-17(25)12-16-8-5-4-6-9-16/h4-6,8-9,17H,7,10-13H2,1-3H3. The van der Waals surface area contributed by atoms with Crippen LogP contribution in [0.3, 0.4) is 0 Å². The molecule has 0 bridgehead atoms. The van der Waals surface area contributed by atoms with Crippen molar-refractivity contribution in [2.75, 3.05) is 12.8 Å². The van der Waals surface area contributed by atoms with Crippen LogP contribution in [0.15, 0.2) is 35.5 Å². The van der Waals surface area contributed by atoms with Crippen molar-refractivity contribution in [2.45, 2.75) is 50.7 Å². The normalized spacial score (nSPS) is 16.8. The second kappa shape index (κ2) is 7.91. The molecular formula is C21H25N5OS. The Bertz CT molecular complexity index is 1000. The van der Waals surface area contributed by atoms with Gasteiger partial charge < -0.3 is 4.90 Å². The minimum absolute atomic E-state index is 0.177. The van der Waals surface area contributed by atoms with Gasteiger partial charge in [-0.2, -0.15) is 4.98 Å². The summed E-state index contributed by atoms with van der Waals surface area (Å²) in [4.78, 5) is 24.2. The minimum atomic E-state index is 0.177. The van der Waals surface area contributed by atoms with Crippen molar-refractivity contribution >= 4 is 23.4 Å². The number of carbonyl (C=O) groups is 1. The van der Waals surface area contributed by atoms with Gasteiger partial charge in [0.1, 0.15) is 0 Å². The van der Waals surface area contributed by atoms with E-state index in [4.69, 9.17) is 0 Å². The maximum atomic E-state index is 13.2. The van der Waals surface area contributed by atoms with Crippen molar-refractivity contribution in [2.24, 2.45) is 0 Å². The molecule has 0 aliphatic carbocycles. The Kier molecular flexibility index (Phi) is 5.35. The van der Waals surface area contributed by atoms with Crippen LogP contribution in [0.4, 0.5) is 0 Å². The molecule has 2 aromatic heterocycles. The summed E-state index contributed by atoms with van der Waals surface area (Å²) in [7, 11) is 0. The zero-order chi connectivity index (χ0) is 19.7. The third-order valence-corrected chi connectivity index (χ3v) is 6.09. The van der Waals surface area contributed by atoms with Crippen molar-refractivity contribution < 1.29 is 4.79 Å². The fourth-order valence-electron chi connectivity index (χ4n) is 4.05. The highest BCUT2D eigenvalue weighted by atomic mass is 32.2. The van der Waals surface area contributed by atoms with E-state index >= 15 is 0 Å². The van der Waals surface area contributed by atoms with Gasteiger partial charge in [0.05, 0.1) is 6.42 Å². The molecule has 1 aromatic carbocycles. The summed E-state index contributed by atoms with van der Waals surface area (Å²) in [6.07, 6.45) is 5.36. The lowest BCUT2D eigenvalue weighted by Gasteiger charge is -2.25. The van der Waals surface area contributed by atoms with Crippen molar-refractivity contribution in [1.82, 2.24) is 24.5 Å². The van der Waals surface area contributed by atoms with Gasteiger partial charge in [-0.05, 0) is 44.9 Å². The average Bonchev–Trinajstić information content (AvgIpc) is 3.32. The summed E-state index contributed by atoms with van der Waals surface area (Å²) in [5.41, 5.74) is 4.05. The lowest BCUT2D eigenvalue weighted by atomic mass is 10.0. The van der Waals surface area contributed by atoms with Crippen LogP contribution in [-0.4, -0.2) is 49.2 Å². The molecule has 3 aromatic rings. The van der Waals surface area contributed by atoms with Crippen molar-refractivity contribution in [3.8, 4) is 0 Å². The molecule has 0 radical (unpaired) electrons. The number of fused-ring (bicyclic) bond motifs is 1. The van der Waals surface area contributed by atoms with Crippen molar-refractivity contribution in [3.63, 3.8) is 0 Å². The Labute approximate surface area is 169 Å². The number of aryl methyl sites for hydroxylation is 2. The van der Waals surface area contributed by atoms with Crippen LogP contribution in [0.2, 0.25) is 0 Å². The fourth-order valence-corrected chi connectivity index (χ4v) is 4.38. The van der Waals surface area contributed by atoms with Crippen LogP contribution >= 0.6 is 11.8 Å². The molecule has 1 atom stereocenters. The van der Waals surface area contributed by atoms with Crippen LogP contribution in [0, 0.1) is 13.8 Å². The van der Waals surface area contributed by atoms with E-state index in [-0.39, 0.29) is 11.9 Å². The lowest BCUT2D eigenvalue weighted by molar-refractivity contribution is -0.131. The number of nitrogens with zero attached hydrogens (tertiary/aromatic N) is 5. The molecule has 146 valence electrons. The number of hydrogen-bond donors (Lipinski definition) is 0. The monoisotopic (exact) mass is 395 g/mol. The Hall–Kier alpha value is -2.41. The molecule has 0 spiro atoms. The maximum absolute atomic E-state index is 13.2. The van der Waals surface area contributed by atoms with Gasteiger partial charge in [-0.15, -0.1) is 5.10 Å². The number of hydrogen-bond acceptors (Lipinski definition) is 5. The van der Waals surface area contributed by atoms with E-state index < -0.39 is 0 Å². The number of amides is 1. The number of carbonyl (C=O) groups excluding carboxylic acids is 1. The van der Waals surface area contributed by atoms with E-state index in [1.807, 2.05) is 26.2 Å². The van der Waals surface area contributed by atoms with Gasteiger partial charge in [0.25, 0.3) is 5.78 Å². The van der Waals surface area contributed by atoms with Crippen LogP contribution in [0.5, 0.6) is 0 Å². The molecule has 0 saturated carbocycles. The Morgan fingerprint density at radius 3 is 2.75 bits per heavy atom. The summed E-state index contributed by atoms with van der Waals surface area (Å²) < 4.78 is 1.76. The molecule has 6 nitrogen and oxygen atoms in total. The molecule has 1 aliphatic rings. The molecule has 1 saturated heterocycles. The zero-order valence-electron chi connectivity index (χ0n) is 16.6. The summed E-state index contributed by atoms with van der Waals surface area (Å²) in [5.74, 6) is 0.773. The molecule has 1 fully saturated rings. The summed E-state index contributed by atoms with van der Waals surface area (Å²) >= 11 is 1.49. The lowest BCUT2D eigenvalue weighted by Crippen LogP contribution is -2.38. The SMILES string of the molecule is CSc1nc2nc(C)c(CC(=O)N3CCCC3Cc3ccccc3)c(C)n2n1. The van der Waals surface area contributed by atoms with E-state index in [0.29, 0.717) is 17.4 Å². The molecule has 1 unspecified atom stereocenters. The highest BCUT2D eigenvalue weighted by Crippen LogP contribution is 2.24. The summed E-state index contributed by atoms with van der Waals surface area (Å²) in [6, 6.07) is 10.7. The van der Waals surface area contributed by atoms with Gasteiger partial charge in [0, 0.05) is 29.5 Å². The predicted molar refractivity (Wildman–Crippen MR) is 111 cm³/mol. The second-order valence-electron chi connectivity index (χ2n) is 7.32. The van der Waals surface area contributed by atoms with Gasteiger partial charge in [0.2, 0.25) is 11.1 Å². The molecule has 1 amide bonds. The largest absolute Gasteiger partial charge is 0.339 e. The summed E-state index contributed by atoms with van der Waals surface area (Å²) in [6.45, 7) is 4.78. The number of rotatable bonds is 5. The predicted octanol–water partition coefficient (Wildman–Crippen LogP) is 3.24. The molecule has 4 rings (SSSR count). The third-order valence-electron chi connectivity index (χ3n) is 5.55. The van der Waals surface area contributed by atoms with Gasteiger partial charge in [-0.25, -0.2) is 9.50 Å². The molecule has 1 aliphatic heterocycles. The fraction of sp³-hybridized carbons (Fsp3) is 0.429. The maximum Gasteiger partial charge on any atom is 0.253 e. The Morgan fingerprint density at radius 2 is 2.00 bits per heavy atom. The first-order valence-electron chi connectivity index (χ1n) is 9.67. The van der Waals surface area contributed by atoms with E-state index in [2.05, 4.69) is 44.2 Å². The van der Waals surface area contributed by atoms with Gasteiger partial charge in [-0.3, -0.25) is 4.79 Å². The van der Waals surface area contributed by atoms with Crippen molar-refractivity contribution in [3.05, 3.63) is 52.8 Å². The first-order chi connectivity index (χ1) is 13.6. The van der Waals surface area contributed by atoms with Crippen molar-refractivity contribution in [1.29, 1.82) is 0 Å². The van der Waals surface area contributed by atoms with E-state index in [0.717, 1.165) is 42.8 Å². The van der Waals surface area contributed by atoms with Gasteiger partial charge >= 0.3 is 0 Å². The van der Waals surface area contributed by atoms with E-state index in [9.17, 15) is 4.79 Å². The first-order valence-corrected chi connectivity index (χ1v) is 10.9. The molecule has 7 heteroatoms. The number of thioether (sulfide) groups is 1. The zero-order valence-corrected chi connectivity index (χ0v) is 17.4. The Balaban J connectivity index is 1.55. The summed E-state index contributed by atoms with van der Waals surface area (Å²) in [5, 5.41) is 5.18. The Morgan fingerprint density at radius 1 is 1.21 bits per heavy atom. The van der Waals surface area contributed by atoms with Crippen LogP contribution in [-0.2, 0) is 17.6 Å². The van der Waals surface area contributed by atoms with Gasteiger partial charge in [-0.1, -0.05) is 42.1 Å². The smallest absolute Gasteiger partial charge is 0.253 e. The molecule has 28 heavy (non-hydrogen) atoms. The van der Waals surface area contributed by atoms with E-state index in [1.165, 1.54) is 17.3 Å². The van der Waals surface area contributed by atoms with Gasteiger partial charge in [0.15, 0.2) is 0 Å². The van der Waals surface area contributed by atoms with Crippen LogP contribution in [0.1, 0.15) is 35.4 Å².